The molecule has 6 nitrogen and oxygen atoms in total. The Labute approximate surface area is 168 Å². The summed E-state index contributed by atoms with van der Waals surface area (Å²) in [5, 5.41) is 4.71. The van der Waals surface area contributed by atoms with Crippen molar-refractivity contribution in [1.29, 1.82) is 0 Å². The lowest BCUT2D eigenvalue weighted by Gasteiger charge is -2.20. The molecule has 0 radical (unpaired) electrons. The van der Waals surface area contributed by atoms with E-state index in [1.165, 1.54) is 18.3 Å². The number of benzene rings is 2. The van der Waals surface area contributed by atoms with Gasteiger partial charge < -0.3 is 0 Å². The summed E-state index contributed by atoms with van der Waals surface area (Å²) in [5.41, 5.74) is 2.90. The SMILES string of the molecule is CC(C)[C@@H](NS(=O)(=O)c1ccccc1)C(=O)N/N=C\c1ccc(Cl)cc1Cl. The Morgan fingerprint density at radius 2 is 1.78 bits per heavy atom. The fourth-order valence-corrected chi connectivity index (χ4v) is 3.99. The van der Waals surface area contributed by atoms with Gasteiger partial charge in [0, 0.05) is 10.6 Å². The summed E-state index contributed by atoms with van der Waals surface area (Å²) in [7, 11) is -3.84. The average Bonchev–Trinajstić information content (AvgIpc) is 2.62. The Morgan fingerprint density at radius 1 is 1.11 bits per heavy atom. The zero-order valence-corrected chi connectivity index (χ0v) is 17.0. The molecule has 0 saturated heterocycles. The summed E-state index contributed by atoms with van der Waals surface area (Å²) in [6.45, 7) is 3.47. The first-order valence-corrected chi connectivity index (χ1v) is 10.3. The number of nitrogens with one attached hydrogen (secondary N) is 2. The van der Waals surface area contributed by atoms with Gasteiger partial charge in [-0.3, -0.25) is 4.79 Å². The maximum Gasteiger partial charge on any atom is 0.258 e. The summed E-state index contributed by atoms with van der Waals surface area (Å²) in [6.07, 6.45) is 1.36. The maximum absolute atomic E-state index is 12.5. The van der Waals surface area contributed by atoms with Crippen molar-refractivity contribution in [3.05, 3.63) is 64.1 Å². The van der Waals surface area contributed by atoms with E-state index in [1.807, 2.05) is 0 Å². The Bertz CT molecular complexity index is 932. The van der Waals surface area contributed by atoms with Crippen LogP contribution in [0.4, 0.5) is 0 Å². The highest BCUT2D eigenvalue weighted by molar-refractivity contribution is 7.89. The number of hydrogen-bond donors (Lipinski definition) is 2. The number of hydrazone groups is 1. The van der Waals surface area contributed by atoms with E-state index in [-0.39, 0.29) is 10.8 Å². The van der Waals surface area contributed by atoms with Crippen LogP contribution in [0, 0.1) is 5.92 Å². The van der Waals surface area contributed by atoms with E-state index in [0.29, 0.717) is 15.6 Å². The van der Waals surface area contributed by atoms with Gasteiger partial charge in [-0.1, -0.05) is 61.3 Å². The maximum atomic E-state index is 12.5. The second-order valence-electron chi connectivity index (χ2n) is 6.06. The minimum atomic E-state index is -3.84. The molecule has 27 heavy (non-hydrogen) atoms. The smallest absolute Gasteiger partial charge is 0.258 e. The molecular weight excluding hydrogens is 409 g/mol. The molecule has 1 amide bonds. The molecule has 2 N–H and O–H groups in total. The molecule has 0 unspecified atom stereocenters. The third kappa shape index (κ3) is 6.04. The van der Waals surface area contributed by atoms with E-state index >= 15 is 0 Å². The highest BCUT2D eigenvalue weighted by Crippen LogP contribution is 2.19. The zero-order chi connectivity index (χ0) is 20.0. The van der Waals surface area contributed by atoms with Crippen molar-refractivity contribution in [1.82, 2.24) is 10.1 Å². The van der Waals surface area contributed by atoms with Gasteiger partial charge in [0.05, 0.1) is 16.1 Å². The zero-order valence-electron chi connectivity index (χ0n) is 14.7. The normalized spacial score (nSPS) is 13.1. The van der Waals surface area contributed by atoms with Crippen LogP contribution in [0.15, 0.2) is 58.5 Å². The van der Waals surface area contributed by atoms with Crippen LogP contribution in [-0.2, 0) is 14.8 Å². The van der Waals surface area contributed by atoms with Crippen molar-refractivity contribution in [2.45, 2.75) is 24.8 Å². The lowest BCUT2D eigenvalue weighted by Crippen LogP contribution is -2.48. The predicted molar refractivity (Wildman–Crippen MR) is 108 cm³/mol. The Kier molecular flexibility index (Phi) is 7.38. The van der Waals surface area contributed by atoms with Crippen molar-refractivity contribution in [2.24, 2.45) is 11.0 Å². The lowest BCUT2D eigenvalue weighted by molar-refractivity contribution is -0.123. The molecule has 0 heterocycles. The first-order chi connectivity index (χ1) is 12.7. The number of carbonyl (C=O) groups is 1. The van der Waals surface area contributed by atoms with Gasteiger partial charge in [-0.15, -0.1) is 0 Å². The summed E-state index contributed by atoms with van der Waals surface area (Å²) in [5.74, 6) is -0.872. The summed E-state index contributed by atoms with van der Waals surface area (Å²) >= 11 is 11.9. The van der Waals surface area contributed by atoms with Crippen LogP contribution in [-0.4, -0.2) is 26.6 Å². The van der Waals surface area contributed by atoms with Gasteiger partial charge in [0.2, 0.25) is 10.0 Å². The highest BCUT2D eigenvalue weighted by atomic mass is 35.5. The molecule has 0 saturated carbocycles. The molecule has 0 aliphatic carbocycles. The number of halogens is 2. The number of rotatable bonds is 7. The summed E-state index contributed by atoms with van der Waals surface area (Å²) < 4.78 is 27.3. The van der Waals surface area contributed by atoms with Crippen LogP contribution in [0.2, 0.25) is 10.0 Å². The molecule has 2 rings (SSSR count). The van der Waals surface area contributed by atoms with Gasteiger partial charge in [0.15, 0.2) is 0 Å². The predicted octanol–water partition coefficient (Wildman–Crippen LogP) is 3.45. The van der Waals surface area contributed by atoms with E-state index < -0.39 is 22.0 Å². The Balaban J connectivity index is 2.10. The molecule has 0 bridgehead atoms. The van der Waals surface area contributed by atoms with Crippen LogP contribution in [0.3, 0.4) is 0 Å². The fraction of sp³-hybridized carbons (Fsp3) is 0.222. The second kappa shape index (κ2) is 9.32. The molecule has 0 spiro atoms. The van der Waals surface area contributed by atoms with E-state index in [4.69, 9.17) is 23.2 Å². The molecule has 0 aromatic heterocycles. The van der Waals surface area contributed by atoms with E-state index in [2.05, 4.69) is 15.2 Å². The molecule has 2 aromatic rings. The molecule has 2 aromatic carbocycles. The quantitative estimate of drug-likeness (QED) is 0.523. The monoisotopic (exact) mass is 427 g/mol. The van der Waals surface area contributed by atoms with Crippen LogP contribution < -0.4 is 10.1 Å². The van der Waals surface area contributed by atoms with Crippen molar-refractivity contribution in [2.75, 3.05) is 0 Å². The minimum Gasteiger partial charge on any atom is -0.271 e. The highest BCUT2D eigenvalue weighted by Gasteiger charge is 2.28. The van der Waals surface area contributed by atoms with Gasteiger partial charge >= 0.3 is 0 Å². The standard InChI is InChI=1S/C18H19Cl2N3O3S/c1-12(2)17(23-27(25,26)15-6-4-3-5-7-15)18(24)22-21-11-13-8-9-14(19)10-16(13)20/h3-12,17,23H,1-2H3,(H,22,24)/b21-11-/t17-/m1/s1. The Morgan fingerprint density at radius 3 is 2.37 bits per heavy atom. The first-order valence-electron chi connectivity index (χ1n) is 8.06. The third-order valence-corrected chi connectivity index (χ3v) is 5.65. The average molecular weight is 428 g/mol. The number of nitrogens with zero attached hydrogens (tertiary/aromatic N) is 1. The first kappa shape index (κ1) is 21.4. The van der Waals surface area contributed by atoms with Crippen LogP contribution in [0.25, 0.3) is 0 Å². The van der Waals surface area contributed by atoms with Crippen LogP contribution in [0.1, 0.15) is 19.4 Å². The van der Waals surface area contributed by atoms with Gasteiger partial charge in [0.1, 0.15) is 6.04 Å². The van der Waals surface area contributed by atoms with Crippen molar-refractivity contribution >= 4 is 45.3 Å². The summed E-state index contributed by atoms with van der Waals surface area (Å²) in [6, 6.07) is 11.7. The third-order valence-electron chi connectivity index (χ3n) is 3.63. The largest absolute Gasteiger partial charge is 0.271 e. The number of hydrogen-bond acceptors (Lipinski definition) is 4. The number of carbonyl (C=O) groups excluding carboxylic acids is 1. The van der Waals surface area contributed by atoms with Crippen molar-refractivity contribution in [3.63, 3.8) is 0 Å². The molecule has 144 valence electrons. The van der Waals surface area contributed by atoms with Gasteiger partial charge in [-0.05, 0) is 30.2 Å². The summed E-state index contributed by atoms with van der Waals surface area (Å²) in [4.78, 5) is 12.5. The number of amides is 1. The fourth-order valence-electron chi connectivity index (χ4n) is 2.17. The lowest BCUT2D eigenvalue weighted by atomic mass is 10.1. The van der Waals surface area contributed by atoms with Gasteiger partial charge in [-0.2, -0.15) is 9.82 Å². The molecule has 0 fully saturated rings. The molecule has 0 aliphatic rings. The molecule has 1 atom stereocenters. The van der Waals surface area contributed by atoms with E-state index in [9.17, 15) is 13.2 Å². The molecular formula is C18H19Cl2N3O3S. The topological polar surface area (TPSA) is 87.6 Å². The van der Waals surface area contributed by atoms with E-state index in [0.717, 1.165) is 0 Å². The number of sulfonamides is 1. The molecule has 9 heteroatoms. The van der Waals surface area contributed by atoms with Crippen LogP contribution in [0.5, 0.6) is 0 Å². The van der Waals surface area contributed by atoms with Crippen molar-refractivity contribution in [3.8, 4) is 0 Å². The van der Waals surface area contributed by atoms with Gasteiger partial charge in [-0.25, -0.2) is 13.8 Å². The van der Waals surface area contributed by atoms with Gasteiger partial charge in [0.25, 0.3) is 5.91 Å². The minimum absolute atomic E-state index is 0.0832. The Hall–Kier alpha value is -1.93. The van der Waals surface area contributed by atoms with Crippen molar-refractivity contribution < 1.29 is 13.2 Å². The van der Waals surface area contributed by atoms with E-state index in [1.54, 1.807) is 50.2 Å². The van der Waals surface area contributed by atoms with Crippen LogP contribution >= 0.6 is 23.2 Å². The molecule has 0 aliphatic heterocycles. The second-order valence-corrected chi connectivity index (χ2v) is 8.61.